The van der Waals surface area contributed by atoms with Crippen molar-refractivity contribution in [3.8, 4) is 11.3 Å². The fourth-order valence-corrected chi connectivity index (χ4v) is 2.23. The predicted octanol–water partition coefficient (Wildman–Crippen LogP) is 3.72. The molecule has 0 radical (unpaired) electrons. The van der Waals surface area contributed by atoms with Crippen LogP contribution < -0.4 is 10.6 Å². The molecule has 6 heteroatoms. The molecule has 2 heterocycles. The van der Waals surface area contributed by atoms with Crippen molar-refractivity contribution in [2.24, 2.45) is 0 Å². The van der Waals surface area contributed by atoms with Crippen LogP contribution in [0, 0.1) is 5.82 Å². The van der Waals surface area contributed by atoms with Gasteiger partial charge in [-0.3, -0.25) is 4.98 Å². The monoisotopic (exact) mass is 323 g/mol. The SMILES string of the molecule is CCNc1nc(NCc2ccc(F)cc2)cc(-c2cccnc2)n1. The Balaban J connectivity index is 1.83. The minimum Gasteiger partial charge on any atom is -0.366 e. The Morgan fingerprint density at radius 3 is 2.58 bits per heavy atom. The van der Waals surface area contributed by atoms with Gasteiger partial charge < -0.3 is 10.6 Å². The lowest BCUT2D eigenvalue weighted by atomic mass is 10.2. The van der Waals surface area contributed by atoms with E-state index in [-0.39, 0.29) is 5.82 Å². The highest BCUT2D eigenvalue weighted by Gasteiger charge is 2.06. The molecule has 122 valence electrons. The van der Waals surface area contributed by atoms with Gasteiger partial charge in [-0.2, -0.15) is 4.98 Å². The number of rotatable bonds is 6. The molecule has 0 aliphatic rings. The van der Waals surface area contributed by atoms with Gasteiger partial charge in [0.2, 0.25) is 5.95 Å². The number of nitrogens with one attached hydrogen (secondary N) is 2. The minimum absolute atomic E-state index is 0.242. The van der Waals surface area contributed by atoms with Crippen molar-refractivity contribution in [2.45, 2.75) is 13.5 Å². The Bertz CT molecular complexity index is 790. The van der Waals surface area contributed by atoms with Crippen LogP contribution in [0.3, 0.4) is 0 Å². The van der Waals surface area contributed by atoms with Crippen molar-refractivity contribution >= 4 is 11.8 Å². The number of nitrogens with zero attached hydrogens (tertiary/aromatic N) is 3. The summed E-state index contributed by atoms with van der Waals surface area (Å²) in [5, 5.41) is 6.39. The second-order valence-corrected chi connectivity index (χ2v) is 5.21. The van der Waals surface area contributed by atoms with Gasteiger partial charge in [-0.15, -0.1) is 0 Å². The van der Waals surface area contributed by atoms with E-state index < -0.39 is 0 Å². The van der Waals surface area contributed by atoms with Gasteiger partial charge in [0.25, 0.3) is 0 Å². The number of aromatic nitrogens is 3. The van der Waals surface area contributed by atoms with E-state index in [9.17, 15) is 4.39 Å². The first kappa shape index (κ1) is 15.9. The van der Waals surface area contributed by atoms with Gasteiger partial charge in [0.05, 0.1) is 5.69 Å². The zero-order valence-corrected chi connectivity index (χ0v) is 13.3. The van der Waals surface area contributed by atoms with Crippen LogP contribution in [-0.2, 0) is 6.54 Å². The van der Waals surface area contributed by atoms with Crippen molar-refractivity contribution in [2.75, 3.05) is 17.2 Å². The van der Waals surface area contributed by atoms with Gasteiger partial charge in [0.1, 0.15) is 11.6 Å². The highest BCUT2D eigenvalue weighted by molar-refractivity contribution is 5.63. The summed E-state index contributed by atoms with van der Waals surface area (Å²) in [4.78, 5) is 13.1. The Hall–Kier alpha value is -3.02. The molecule has 0 saturated heterocycles. The zero-order valence-electron chi connectivity index (χ0n) is 13.3. The molecule has 0 aliphatic heterocycles. The minimum atomic E-state index is -0.242. The van der Waals surface area contributed by atoms with Gasteiger partial charge in [0.15, 0.2) is 0 Å². The molecule has 0 atom stereocenters. The lowest BCUT2D eigenvalue weighted by Crippen LogP contribution is -2.07. The fraction of sp³-hybridized carbons (Fsp3) is 0.167. The highest BCUT2D eigenvalue weighted by Crippen LogP contribution is 2.21. The van der Waals surface area contributed by atoms with E-state index >= 15 is 0 Å². The molecule has 0 amide bonds. The summed E-state index contributed by atoms with van der Waals surface area (Å²) in [6, 6.07) is 12.1. The first-order valence-corrected chi connectivity index (χ1v) is 7.76. The quantitative estimate of drug-likeness (QED) is 0.724. The Morgan fingerprint density at radius 1 is 1.04 bits per heavy atom. The molecule has 2 N–H and O–H groups in total. The molecular formula is C18H18FN5. The standard InChI is InChI=1S/C18H18FN5/c1-2-21-18-23-16(14-4-3-9-20-12-14)10-17(24-18)22-11-13-5-7-15(19)8-6-13/h3-10,12H,2,11H2,1H3,(H2,21,22,23,24). The number of hydrogen-bond donors (Lipinski definition) is 2. The molecule has 24 heavy (non-hydrogen) atoms. The van der Waals surface area contributed by atoms with Crippen molar-refractivity contribution in [1.29, 1.82) is 0 Å². The normalized spacial score (nSPS) is 10.4. The van der Waals surface area contributed by atoms with Crippen molar-refractivity contribution in [1.82, 2.24) is 15.0 Å². The Labute approximate surface area is 140 Å². The van der Waals surface area contributed by atoms with Crippen molar-refractivity contribution in [3.63, 3.8) is 0 Å². The van der Waals surface area contributed by atoms with E-state index in [1.165, 1.54) is 12.1 Å². The van der Waals surface area contributed by atoms with Crippen LogP contribution in [-0.4, -0.2) is 21.5 Å². The summed E-state index contributed by atoms with van der Waals surface area (Å²) in [5.74, 6) is 1.01. The van der Waals surface area contributed by atoms with Gasteiger partial charge in [-0.25, -0.2) is 9.37 Å². The van der Waals surface area contributed by atoms with Crippen LogP contribution in [0.2, 0.25) is 0 Å². The van der Waals surface area contributed by atoms with Gasteiger partial charge in [-0.05, 0) is 36.8 Å². The first-order chi connectivity index (χ1) is 11.7. The number of anilines is 2. The van der Waals surface area contributed by atoms with Crippen LogP contribution in [0.25, 0.3) is 11.3 Å². The molecule has 0 saturated carbocycles. The van der Waals surface area contributed by atoms with E-state index in [0.717, 1.165) is 23.4 Å². The van der Waals surface area contributed by atoms with Crippen LogP contribution in [0.15, 0.2) is 54.9 Å². The predicted molar refractivity (Wildman–Crippen MR) is 93.2 cm³/mol. The molecule has 5 nitrogen and oxygen atoms in total. The van der Waals surface area contributed by atoms with Gasteiger partial charge in [0, 0.05) is 37.1 Å². The second-order valence-electron chi connectivity index (χ2n) is 5.21. The van der Waals surface area contributed by atoms with Gasteiger partial charge >= 0.3 is 0 Å². The van der Waals surface area contributed by atoms with Crippen molar-refractivity contribution < 1.29 is 4.39 Å². The lowest BCUT2D eigenvalue weighted by Gasteiger charge is -2.11. The smallest absolute Gasteiger partial charge is 0.225 e. The molecule has 0 unspecified atom stereocenters. The highest BCUT2D eigenvalue weighted by atomic mass is 19.1. The van der Waals surface area contributed by atoms with Gasteiger partial charge in [-0.1, -0.05) is 12.1 Å². The summed E-state index contributed by atoms with van der Waals surface area (Å²) < 4.78 is 13.0. The average Bonchev–Trinajstić information content (AvgIpc) is 2.62. The third-order valence-corrected chi connectivity index (χ3v) is 3.41. The van der Waals surface area contributed by atoms with Crippen LogP contribution in [0.1, 0.15) is 12.5 Å². The summed E-state index contributed by atoms with van der Waals surface area (Å²) in [5.41, 5.74) is 2.68. The maximum atomic E-state index is 13.0. The number of pyridine rings is 1. The van der Waals surface area contributed by atoms with Crippen LogP contribution >= 0.6 is 0 Å². The third kappa shape index (κ3) is 4.04. The molecule has 3 rings (SSSR count). The first-order valence-electron chi connectivity index (χ1n) is 7.76. The summed E-state index contributed by atoms with van der Waals surface area (Å²) in [7, 11) is 0. The molecule has 0 fully saturated rings. The maximum absolute atomic E-state index is 13.0. The van der Waals surface area contributed by atoms with Crippen molar-refractivity contribution in [3.05, 3.63) is 66.2 Å². The molecule has 2 aromatic heterocycles. The second kappa shape index (κ2) is 7.50. The molecular weight excluding hydrogens is 305 g/mol. The zero-order chi connectivity index (χ0) is 16.8. The number of benzene rings is 1. The summed E-state index contributed by atoms with van der Waals surface area (Å²) in [6.07, 6.45) is 3.49. The van der Waals surface area contributed by atoms with E-state index in [1.54, 1.807) is 24.5 Å². The lowest BCUT2D eigenvalue weighted by molar-refractivity contribution is 0.627. The molecule has 1 aromatic carbocycles. The maximum Gasteiger partial charge on any atom is 0.225 e. The summed E-state index contributed by atoms with van der Waals surface area (Å²) in [6.45, 7) is 3.27. The average molecular weight is 323 g/mol. The number of halogens is 1. The van der Waals surface area contributed by atoms with Crippen LogP contribution in [0.4, 0.5) is 16.2 Å². The molecule has 0 bridgehead atoms. The van der Waals surface area contributed by atoms with Crippen LogP contribution in [0.5, 0.6) is 0 Å². The Morgan fingerprint density at radius 2 is 1.88 bits per heavy atom. The Kier molecular flexibility index (Phi) is 4.96. The van der Waals surface area contributed by atoms with E-state index in [4.69, 9.17) is 0 Å². The number of hydrogen-bond acceptors (Lipinski definition) is 5. The van der Waals surface area contributed by atoms with E-state index in [2.05, 4.69) is 25.6 Å². The largest absolute Gasteiger partial charge is 0.366 e. The molecule has 3 aromatic rings. The third-order valence-electron chi connectivity index (χ3n) is 3.41. The van der Waals surface area contributed by atoms with E-state index in [0.29, 0.717) is 18.3 Å². The fourth-order valence-electron chi connectivity index (χ4n) is 2.23. The van der Waals surface area contributed by atoms with E-state index in [1.807, 2.05) is 25.1 Å². The topological polar surface area (TPSA) is 62.7 Å². The molecule has 0 aliphatic carbocycles. The summed E-state index contributed by atoms with van der Waals surface area (Å²) >= 11 is 0. The molecule has 0 spiro atoms.